The summed E-state index contributed by atoms with van der Waals surface area (Å²) >= 11 is 0. The van der Waals surface area contributed by atoms with Gasteiger partial charge in [0.1, 0.15) is 11.6 Å². The second kappa shape index (κ2) is 10.7. The number of nitrogens with zero attached hydrogens (tertiary/aromatic N) is 3. The SMILES string of the molecule is CC1Cn2c3c(cccc3c3c4c(c5c6ccccc6[nH]c5c32)C(=O)NC4=O)CN1C(=O)[C@H](Cc1cccnc1)NC(=O)OC(C)(C)C. The molecular formula is C37H34N6O5. The molecule has 3 aromatic carbocycles. The number of amides is 4. The number of hydrogen-bond acceptors (Lipinski definition) is 6. The van der Waals surface area contributed by atoms with E-state index in [0.717, 1.165) is 49.4 Å². The minimum atomic E-state index is -0.904. The van der Waals surface area contributed by atoms with E-state index in [9.17, 15) is 19.2 Å². The topological polar surface area (TPSA) is 138 Å². The van der Waals surface area contributed by atoms with Crippen molar-refractivity contribution in [1.82, 2.24) is 30.1 Å². The van der Waals surface area contributed by atoms with Crippen molar-refractivity contribution in [2.45, 2.75) is 64.9 Å². The first-order valence-electron chi connectivity index (χ1n) is 16.0. The molecule has 8 rings (SSSR count). The maximum absolute atomic E-state index is 14.5. The lowest BCUT2D eigenvalue weighted by Crippen LogP contribution is -2.53. The molecule has 0 bridgehead atoms. The Balaban J connectivity index is 1.28. The number of ether oxygens (including phenoxy) is 1. The van der Waals surface area contributed by atoms with Gasteiger partial charge in [-0.05, 0) is 51.0 Å². The van der Waals surface area contributed by atoms with Crippen molar-refractivity contribution in [3.05, 3.63) is 89.2 Å². The average Bonchev–Trinajstić information content (AvgIpc) is 3.64. The Hall–Kier alpha value is -5.71. The van der Waals surface area contributed by atoms with Gasteiger partial charge in [0, 0.05) is 65.0 Å². The molecule has 0 saturated heterocycles. The standard InChI is InChI=1S/C37H34N6O5/c1-19-17-43-31-21(18-42(19)35(46)25(15-20-9-8-14-38-16-20)40-36(47)48-37(2,3)4)10-7-12-23(31)27-29-28(33(44)41-34(29)45)26-22-11-5-6-13-24(22)39-30(26)32(27)43/h5-14,16,19,25,39H,15,17-18H2,1-4H3,(H,40,47)(H,41,44,45)/t19?,25-/m0/s1. The summed E-state index contributed by atoms with van der Waals surface area (Å²) < 4.78 is 7.73. The molecule has 0 aliphatic carbocycles. The molecule has 0 saturated carbocycles. The Morgan fingerprint density at radius 2 is 1.73 bits per heavy atom. The molecule has 0 radical (unpaired) electrons. The third-order valence-corrected chi connectivity index (χ3v) is 9.29. The smallest absolute Gasteiger partial charge is 0.408 e. The fraction of sp³-hybridized carbons (Fsp3) is 0.270. The van der Waals surface area contributed by atoms with Gasteiger partial charge in [-0.25, -0.2) is 4.79 Å². The van der Waals surface area contributed by atoms with E-state index in [4.69, 9.17) is 4.74 Å². The van der Waals surface area contributed by atoms with Crippen LogP contribution >= 0.6 is 0 Å². The number of benzene rings is 3. The Labute approximate surface area is 275 Å². The molecule has 2 aliphatic rings. The second-order valence-corrected chi connectivity index (χ2v) is 13.7. The monoisotopic (exact) mass is 642 g/mol. The highest BCUT2D eigenvalue weighted by molar-refractivity contribution is 6.39. The van der Waals surface area contributed by atoms with Gasteiger partial charge >= 0.3 is 6.09 Å². The molecule has 2 aliphatic heterocycles. The van der Waals surface area contributed by atoms with Gasteiger partial charge in [-0.1, -0.05) is 42.5 Å². The fourth-order valence-electron chi connectivity index (χ4n) is 7.42. The van der Waals surface area contributed by atoms with Crippen molar-refractivity contribution in [2.24, 2.45) is 0 Å². The van der Waals surface area contributed by atoms with E-state index in [2.05, 4.69) is 25.2 Å². The van der Waals surface area contributed by atoms with Gasteiger partial charge in [0.2, 0.25) is 5.91 Å². The summed E-state index contributed by atoms with van der Waals surface area (Å²) in [6.45, 7) is 8.01. The first-order valence-corrected chi connectivity index (χ1v) is 16.0. The Kier molecular flexibility index (Phi) is 6.59. The molecule has 5 heterocycles. The number of hydrogen-bond donors (Lipinski definition) is 3. The number of alkyl carbamates (subject to hydrolysis) is 1. The van der Waals surface area contributed by atoms with Crippen LogP contribution in [0.1, 0.15) is 59.5 Å². The number of H-pyrrole nitrogens is 1. The van der Waals surface area contributed by atoms with Crippen LogP contribution in [-0.4, -0.2) is 60.9 Å². The van der Waals surface area contributed by atoms with Gasteiger partial charge in [0.25, 0.3) is 11.8 Å². The zero-order valence-electron chi connectivity index (χ0n) is 27.0. The fourth-order valence-corrected chi connectivity index (χ4v) is 7.42. The Bertz CT molecular complexity index is 2350. The molecule has 0 fully saturated rings. The van der Waals surface area contributed by atoms with E-state index in [1.54, 1.807) is 44.1 Å². The minimum Gasteiger partial charge on any atom is -0.444 e. The number of carbonyl (C=O) groups excluding carboxylic acids is 4. The lowest BCUT2D eigenvalue weighted by Gasteiger charge is -2.32. The lowest BCUT2D eigenvalue weighted by molar-refractivity contribution is -0.136. The molecule has 1 unspecified atom stereocenters. The van der Waals surface area contributed by atoms with Crippen LogP contribution < -0.4 is 10.6 Å². The summed E-state index contributed by atoms with van der Waals surface area (Å²) in [5, 5.41) is 8.51. The van der Waals surface area contributed by atoms with E-state index in [0.29, 0.717) is 23.1 Å². The lowest BCUT2D eigenvalue weighted by atomic mass is 9.96. The number of nitrogens with one attached hydrogen (secondary N) is 3. The molecule has 48 heavy (non-hydrogen) atoms. The third kappa shape index (κ3) is 4.60. The van der Waals surface area contributed by atoms with Crippen molar-refractivity contribution in [3.63, 3.8) is 0 Å². The number of aromatic amines is 1. The molecule has 6 aromatic rings. The van der Waals surface area contributed by atoms with E-state index in [1.807, 2.05) is 55.5 Å². The number of imide groups is 1. The maximum atomic E-state index is 14.5. The molecule has 3 N–H and O–H groups in total. The van der Waals surface area contributed by atoms with Crippen LogP contribution in [0.5, 0.6) is 0 Å². The average molecular weight is 643 g/mol. The first-order chi connectivity index (χ1) is 23.0. The normalized spacial score (nSPS) is 16.8. The Morgan fingerprint density at radius 1 is 0.979 bits per heavy atom. The summed E-state index contributed by atoms with van der Waals surface area (Å²) in [7, 11) is 0. The van der Waals surface area contributed by atoms with Crippen LogP contribution in [0.15, 0.2) is 67.0 Å². The quantitative estimate of drug-likeness (QED) is 0.215. The summed E-state index contributed by atoms with van der Waals surface area (Å²) in [6.07, 6.45) is 2.91. The van der Waals surface area contributed by atoms with Crippen LogP contribution in [0.2, 0.25) is 0 Å². The van der Waals surface area contributed by atoms with Gasteiger partial charge in [0.05, 0.1) is 27.7 Å². The van der Waals surface area contributed by atoms with Crippen LogP contribution in [-0.2, 0) is 29.0 Å². The largest absolute Gasteiger partial charge is 0.444 e. The molecule has 242 valence electrons. The predicted octanol–water partition coefficient (Wildman–Crippen LogP) is 5.57. The number of fused-ring (bicyclic) bond motifs is 10. The van der Waals surface area contributed by atoms with Crippen LogP contribution in [0, 0.1) is 0 Å². The number of rotatable bonds is 4. The van der Waals surface area contributed by atoms with Crippen molar-refractivity contribution in [3.8, 4) is 0 Å². The van der Waals surface area contributed by atoms with E-state index >= 15 is 0 Å². The van der Waals surface area contributed by atoms with E-state index in [-0.39, 0.29) is 24.9 Å². The summed E-state index contributed by atoms with van der Waals surface area (Å²) in [6, 6.07) is 16.1. The van der Waals surface area contributed by atoms with Gasteiger partial charge in [-0.15, -0.1) is 0 Å². The minimum absolute atomic E-state index is 0.236. The van der Waals surface area contributed by atoms with Gasteiger partial charge in [-0.3, -0.25) is 24.7 Å². The van der Waals surface area contributed by atoms with E-state index in [1.165, 1.54) is 0 Å². The van der Waals surface area contributed by atoms with Crippen molar-refractivity contribution >= 4 is 67.4 Å². The number of para-hydroxylation sites is 2. The molecule has 3 aromatic heterocycles. The van der Waals surface area contributed by atoms with Gasteiger partial charge in [0.15, 0.2) is 0 Å². The molecule has 11 heteroatoms. The number of aromatic nitrogens is 3. The number of carbonyl (C=O) groups is 4. The summed E-state index contributed by atoms with van der Waals surface area (Å²) in [5.74, 6) is -1.06. The third-order valence-electron chi connectivity index (χ3n) is 9.29. The van der Waals surface area contributed by atoms with Gasteiger partial charge in [-0.2, -0.15) is 0 Å². The molecular weight excluding hydrogens is 608 g/mol. The highest BCUT2D eigenvalue weighted by atomic mass is 16.6. The first kappa shape index (κ1) is 29.7. The van der Waals surface area contributed by atoms with Crippen molar-refractivity contribution in [1.29, 1.82) is 0 Å². The zero-order chi connectivity index (χ0) is 33.5. The number of pyridine rings is 1. The van der Waals surface area contributed by atoms with Crippen LogP contribution in [0.3, 0.4) is 0 Å². The highest BCUT2D eigenvalue weighted by Crippen LogP contribution is 2.45. The predicted molar refractivity (Wildman–Crippen MR) is 182 cm³/mol. The highest BCUT2D eigenvalue weighted by Gasteiger charge is 2.38. The molecule has 2 atom stereocenters. The van der Waals surface area contributed by atoms with E-state index < -0.39 is 29.6 Å². The molecule has 0 spiro atoms. The molecule has 11 nitrogen and oxygen atoms in total. The maximum Gasteiger partial charge on any atom is 0.408 e. The molecule has 4 amide bonds. The zero-order valence-corrected chi connectivity index (χ0v) is 27.0. The summed E-state index contributed by atoms with van der Waals surface area (Å²) in [4.78, 5) is 63.8. The van der Waals surface area contributed by atoms with Crippen molar-refractivity contribution in [2.75, 3.05) is 0 Å². The van der Waals surface area contributed by atoms with Crippen molar-refractivity contribution < 1.29 is 23.9 Å². The summed E-state index contributed by atoms with van der Waals surface area (Å²) in [5.41, 5.74) is 5.06. The Morgan fingerprint density at radius 3 is 2.48 bits per heavy atom. The van der Waals surface area contributed by atoms with Crippen LogP contribution in [0.25, 0.3) is 43.6 Å². The second-order valence-electron chi connectivity index (χ2n) is 13.7. The van der Waals surface area contributed by atoms with Crippen LogP contribution in [0.4, 0.5) is 4.79 Å². The van der Waals surface area contributed by atoms with Gasteiger partial charge < -0.3 is 24.5 Å².